The highest BCUT2D eigenvalue weighted by Gasteiger charge is 2.41. The van der Waals surface area contributed by atoms with Gasteiger partial charge in [0.05, 0.1) is 22.8 Å². The lowest BCUT2D eigenvalue weighted by Gasteiger charge is -2.21. The quantitative estimate of drug-likeness (QED) is 0.416. The summed E-state index contributed by atoms with van der Waals surface area (Å²) in [6.45, 7) is 10.3. The third kappa shape index (κ3) is 5.64. The van der Waals surface area contributed by atoms with Crippen molar-refractivity contribution in [3.05, 3.63) is 83.2 Å². The molecule has 3 atom stereocenters. The highest BCUT2D eigenvalue weighted by atomic mass is 19.4. The predicted octanol–water partition coefficient (Wildman–Crippen LogP) is 6.61. The zero-order chi connectivity index (χ0) is 26.3. The number of aromatic nitrogens is 2. The average molecular weight is 499 g/mol. The van der Waals surface area contributed by atoms with Gasteiger partial charge in [-0.2, -0.15) is 18.3 Å². The van der Waals surface area contributed by atoms with Crippen LogP contribution in [0.2, 0.25) is 0 Å². The van der Waals surface area contributed by atoms with E-state index in [2.05, 4.69) is 24.5 Å². The van der Waals surface area contributed by atoms with Gasteiger partial charge in [0.2, 0.25) is 5.91 Å². The Bertz CT molecular complexity index is 1210. The van der Waals surface area contributed by atoms with Crippen molar-refractivity contribution in [3.63, 3.8) is 0 Å². The predicted molar refractivity (Wildman–Crippen MR) is 135 cm³/mol. The number of carbonyl (C=O) groups excluding carboxylic acids is 1. The number of anilines is 1. The minimum atomic E-state index is -4.45. The summed E-state index contributed by atoms with van der Waals surface area (Å²) < 4.78 is 42.1. The summed E-state index contributed by atoms with van der Waals surface area (Å²) in [5.74, 6) is -0.105. The van der Waals surface area contributed by atoms with Crippen LogP contribution in [0.15, 0.2) is 60.8 Å². The fourth-order valence-electron chi connectivity index (χ4n) is 4.59. The molecule has 0 spiro atoms. The van der Waals surface area contributed by atoms with Crippen LogP contribution in [0.5, 0.6) is 0 Å². The molecule has 5 nitrogen and oxygen atoms in total. The number of hydrogen-bond donors (Lipinski definition) is 2. The summed E-state index contributed by atoms with van der Waals surface area (Å²) in [6, 6.07) is 13.8. The number of hydrogen-bond acceptors (Lipinski definition) is 3. The summed E-state index contributed by atoms with van der Waals surface area (Å²) in [4.78, 5) is 13.2. The number of benzene rings is 2. The summed E-state index contributed by atoms with van der Waals surface area (Å²) in [5.41, 5.74) is 2.13. The average Bonchev–Trinajstić information content (AvgIpc) is 3.46. The lowest BCUT2D eigenvalue weighted by molar-refractivity contribution is -0.137. The highest BCUT2D eigenvalue weighted by Crippen LogP contribution is 2.41. The number of alkyl halides is 3. The summed E-state index contributed by atoms with van der Waals surface area (Å²) in [5, 5.41) is 11.0. The van der Waals surface area contributed by atoms with Crippen LogP contribution in [0.3, 0.4) is 0 Å². The number of halogens is 3. The Balaban J connectivity index is 1.62. The Morgan fingerprint density at radius 3 is 2.36 bits per heavy atom. The molecule has 36 heavy (non-hydrogen) atoms. The topological polar surface area (TPSA) is 59.0 Å². The second-order valence-electron chi connectivity index (χ2n) is 10.8. The molecule has 4 rings (SSSR count). The number of rotatable bonds is 5. The van der Waals surface area contributed by atoms with Crippen LogP contribution in [-0.4, -0.2) is 21.7 Å². The van der Waals surface area contributed by atoms with Crippen molar-refractivity contribution in [2.24, 2.45) is 0 Å². The van der Waals surface area contributed by atoms with Crippen molar-refractivity contribution >= 4 is 11.6 Å². The molecule has 2 aromatic carbocycles. The number of amides is 1. The third-order valence-electron chi connectivity index (χ3n) is 6.68. The molecule has 0 unspecified atom stereocenters. The van der Waals surface area contributed by atoms with Crippen LogP contribution >= 0.6 is 0 Å². The van der Waals surface area contributed by atoms with Crippen LogP contribution in [0.25, 0.3) is 0 Å². The number of nitrogens with zero attached hydrogens (tertiary/aromatic N) is 2. The molecule has 1 amide bonds. The normalized spacial score (nSPS) is 20.6. The SMILES string of the molecule is CC(C)c1ccc(NC(=O)[C@@H]2C[C@H](c3ccn(C(C)(C)C)n3)[C@H](c3cccc(C(F)(F)F)c3)N2)cc1. The molecule has 1 saturated heterocycles. The van der Waals surface area contributed by atoms with E-state index in [1.54, 1.807) is 6.07 Å². The molecule has 1 aliphatic heterocycles. The van der Waals surface area contributed by atoms with E-state index in [0.717, 1.165) is 17.8 Å². The summed E-state index contributed by atoms with van der Waals surface area (Å²) in [6.07, 6.45) is -2.16. The van der Waals surface area contributed by atoms with E-state index in [0.29, 0.717) is 23.6 Å². The largest absolute Gasteiger partial charge is 0.416 e. The molecule has 8 heteroatoms. The summed E-state index contributed by atoms with van der Waals surface area (Å²) >= 11 is 0. The molecule has 0 radical (unpaired) electrons. The smallest absolute Gasteiger partial charge is 0.325 e. The maximum absolute atomic E-state index is 13.4. The van der Waals surface area contributed by atoms with Gasteiger partial charge in [-0.3, -0.25) is 14.8 Å². The Labute approximate surface area is 210 Å². The van der Waals surface area contributed by atoms with Crippen molar-refractivity contribution < 1.29 is 18.0 Å². The minimum absolute atomic E-state index is 0.220. The van der Waals surface area contributed by atoms with Gasteiger partial charge in [0.1, 0.15) is 0 Å². The first-order chi connectivity index (χ1) is 16.8. The molecular formula is C28H33F3N4O. The molecule has 2 N–H and O–H groups in total. The second-order valence-corrected chi connectivity index (χ2v) is 10.8. The van der Waals surface area contributed by atoms with Gasteiger partial charge in [-0.1, -0.05) is 38.1 Å². The van der Waals surface area contributed by atoms with Crippen molar-refractivity contribution in [1.29, 1.82) is 0 Å². The molecule has 1 aliphatic rings. The fourth-order valence-corrected chi connectivity index (χ4v) is 4.59. The van der Waals surface area contributed by atoms with Gasteiger partial charge in [-0.25, -0.2) is 0 Å². The molecule has 2 heterocycles. The van der Waals surface area contributed by atoms with Crippen molar-refractivity contribution in [2.45, 2.75) is 76.7 Å². The van der Waals surface area contributed by atoms with Gasteiger partial charge in [-0.05, 0) is 74.6 Å². The van der Waals surface area contributed by atoms with Crippen LogP contribution in [0.1, 0.15) is 81.3 Å². The third-order valence-corrected chi connectivity index (χ3v) is 6.68. The Kier molecular flexibility index (Phi) is 7.01. The van der Waals surface area contributed by atoms with Gasteiger partial charge >= 0.3 is 6.18 Å². The van der Waals surface area contributed by atoms with Crippen molar-refractivity contribution in [2.75, 3.05) is 5.32 Å². The summed E-state index contributed by atoms with van der Waals surface area (Å²) in [7, 11) is 0. The molecule has 1 fully saturated rings. The van der Waals surface area contributed by atoms with Gasteiger partial charge in [-0.15, -0.1) is 0 Å². The molecule has 0 aliphatic carbocycles. The van der Waals surface area contributed by atoms with Crippen LogP contribution in [0.4, 0.5) is 18.9 Å². The zero-order valence-electron chi connectivity index (χ0n) is 21.2. The van der Waals surface area contributed by atoms with Crippen LogP contribution < -0.4 is 10.6 Å². The first kappa shape index (κ1) is 25.9. The Morgan fingerprint density at radius 1 is 1.08 bits per heavy atom. The Hall–Kier alpha value is -3.13. The van der Waals surface area contributed by atoms with E-state index >= 15 is 0 Å². The van der Waals surface area contributed by atoms with E-state index < -0.39 is 23.8 Å². The highest BCUT2D eigenvalue weighted by molar-refractivity contribution is 5.95. The zero-order valence-corrected chi connectivity index (χ0v) is 21.2. The second kappa shape index (κ2) is 9.73. The standard InChI is InChI=1S/C28H33F3N4O/c1-17(2)18-9-11-21(12-10-18)32-26(36)24-16-22(23-13-14-35(34-23)27(3,4)5)25(33-24)19-7-6-8-20(15-19)28(29,30)31/h6-15,17,22,24-25,33H,16H2,1-5H3,(H,32,36)/t22-,24+,25+/m1/s1. The van der Waals surface area contributed by atoms with E-state index in [9.17, 15) is 18.0 Å². The minimum Gasteiger partial charge on any atom is -0.325 e. The van der Waals surface area contributed by atoms with E-state index in [-0.39, 0.29) is 17.4 Å². The van der Waals surface area contributed by atoms with E-state index in [1.165, 1.54) is 11.6 Å². The van der Waals surface area contributed by atoms with Gasteiger partial charge in [0.15, 0.2) is 0 Å². The van der Waals surface area contributed by atoms with Crippen LogP contribution in [0, 0.1) is 0 Å². The maximum Gasteiger partial charge on any atom is 0.416 e. The molecule has 0 saturated carbocycles. The molecule has 192 valence electrons. The molecular weight excluding hydrogens is 465 g/mol. The lowest BCUT2D eigenvalue weighted by atomic mass is 9.90. The first-order valence-corrected chi connectivity index (χ1v) is 12.2. The monoisotopic (exact) mass is 498 g/mol. The van der Waals surface area contributed by atoms with Crippen LogP contribution in [-0.2, 0) is 16.5 Å². The molecule has 3 aromatic rings. The van der Waals surface area contributed by atoms with Crippen molar-refractivity contribution in [1.82, 2.24) is 15.1 Å². The first-order valence-electron chi connectivity index (χ1n) is 12.2. The van der Waals surface area contributed by atoms with E-state index in [1.807, 2.05) is 62.0 Å². The Morgan fingerprint density at radius 2 is 1.78 bits per heavy atom. The lowest BCUT2D eigenvalue weighted by Crippen LogP contribution is -2.36. The molecule has 1 aromatic heterocycles. The van der Waals surface area contributed by atoms with E-state index in [4.69, 9.17) is 5.10 Å². The number of carbonyl (C=O) groups is 1. The van der Waals surface area contributed by atoms with Crippen molar-refractivity contribution in [3.8, 4) is 0 Å². The molecule has 0 bridgehead atoms. The fraction of sp³-hybridized carbons (Fsp3) is 0.429. The van der Waals surface area contributed by atoms with Gasteiger partial charge in [0, 0.05) is 23.8 Å². The maximum atomic E-state index is 13.4. The number of nitrogens with one attached hydrogen (secondary N) is 2. The van der Waals surface area contributed by atoms with Gasteiger partial charge < -0.3 is 5.32 Å². The van der Waals surface area contributed by atoms with Gasteiger partial charge in [0.25, 0.3) is 0 Å².